The maximum atomic E-state index is 2.53. The predicted molar refractivity (Wildman–Crippen MR) is 186 cm³/mol. The summed E-state index contributed by atoms with van der Waals surface area (Å²) in [5, 5.41) is 8.88. The van der Waals surface area contributed by atoms with Crippen molar-refractivity contribution >= 4 is 37.9 Å². The molecule has 9 rings (SSSR count). The second-order valence-electron chi connectivity index (χ2n) is 16.0. The normalized spacial score (nSPS) is 21.6. The van der Waals surface area contributed by atoms with Gasteiger partial charge in [-0.25, -0.2) is 0 Å². The molecule has 0 heterocycles. The highest BCUT2D eigenvalue weighted by atomic mass is 14.5. The first-order chi connectivity index (χ1) is 20.3. The van der Waals surface area contributed by atoms with Crippen molar-refractivity contribution in [2.45, 2.75) is 97.3 Å². The summed E-state index contributed by atoms with van der Waals surface area (Å²) in [6.45, 7) is 24.6. The van der Waals surface area contributed by atoms with Gasteiger partial charge in [0.2, 0.25) is 0 Å². The van der Waals surface area contributed by atoms with Crippen molar-refractivity contribution in [1.82, 2.24) is 0 Å². The van der Waals surface area contributed by atoms with Gasteiger partial charge >= 0.3 is 0 Å². The van der Waals surface area contributed by atoms with Gasteiger partial charge in [0.1, 0.15) is 0 Å². The van der Waals surface area contributed by atoms with Crippen LogP contribution >= 0.6 is 0 Å². The van der Waals surface area contributed by atoms with Gasteiger partial charge in [0, 0.05) is 21.7 Å². The van der Waals surface area contributed by atoms with Gasteiger partial charge < -0.3 is 0 Å². The molecule has 0 aromatic heterocycles. The average molecular weight is 559 g/mol. The van der Waals surface area contributed by atoms with E-state index in [-0.39, 0.29) is 21.7 Å². The highest BCUT2D eigenvalue weighted by molar-refractivity contribution is 6.32. The van der Waals surface area contributed by atoms with Gasteiger partial charge in [-0.3, -0.25) is 0 Å². The highest BCUT2D eigenvalue weighted by Gasteiger charge is 2.51. The summed E-state index contributed by atoms with van der Waals surface area (Å²) in [6.07, 6.45) is 3.58. The van der Waals surface area contributed by atoms with E-state index in [1.165, 1.54) is 88.0 Å². The van der Waals surface area contributed by atoms with Crippen LogP contribution in [-0.4, -0.2) is 0 Å². The third kappa shape index (κ3) is 2.54. The fourth-order valence-electron chi connectivity index (χ4n) is 10.3. The summed E-state index contributed by atoms with van der Waals surface area (Å²) < 4.78 is 0. The summed E-state index contributed by atoms with van der Waals surface area (Å²) in [4.78, 5) is 0. The van der Waals surface area contributed by atoms with Gasteiger partial charge in [0.25, 0.3) is 0 Å². The summed E-state index contributed by atoms with van der Waals surface area (Å²) in [6, 6.07) is 21.6. The number of allylic oxidation sites excluding steroid dienone is 4. The maximum absolute atomic E-state index is 2.53. The lowest BCUT2D eigenvalue weighted by atomic mass is 9.64. The molecule has 0 atom stereocenters. The van der Waals surface area contributed by atoms with E-state index in [1.54, 1.807) is 11.1 Å². The van der Waals surface area contributed by atoms with E-state index in [1.807, 2.05) is 0 Å². The lowest BCUT2D eigenvalue weighted by Gasteiger charge is -2.39. The second kappa shape index (κ2) is 7.35. The zero-order chi connectivity index (χ0) is 30.2. The van der Waals surface area contributed by atoms with Crippen LogP contribution in [0, 0.1) is 0 Å². The van der Waals surface area contributed by atoms with Crippen LogP contribution in [-0.2, 0) is 21.7 Å². The van der Waals surface area contributed by atoms with E-state index in [0.717, 1.165) is 6.42 Å². The van der Waals surface area contributed by atoms with Crippen molar-refractivity contribution in [1.29, 1.82) is 0 Å². The number of benzene rings is 5. The summed E-state index contributed by atoms with van der Waals surface area (Å²) >= 11 is 0. The SMILES string of the molecule is CC/C=C1\C2=C(C)C(C)(C)c3c2c2c(cccc2c2c3c3c4c5c(cccc52)C(C)(C)c2cccc(c2-4)C3(C)C)C1(C)C. The van der Waals surface area contributed by atoms with E-state index in [4.69, 9.17) is 0 Å². The van der Waals surface area contributed by atoms with Crippen LogP contribution < -0.4 is 0 Å². The molecule has 0 radical (unpaired) electrons. The molecule has 0 amide bonds. The molecule has 0 heteroatoms. The molecule has 4 aliphatic rings. The molecule has 43 heavy (non-hydrogen) atoms. The van der Waals surface area contributed by atoms with E-state index in [0.29, 0.717) is 0 Å². The minimum absolute atomic E-state index is 0.0555. The Morgan fingerprint density at radius 2 is 1.02 bits per heavy atom. The number of hydrogen-bond acceptors (Lipinski definition) is 0. The molecular weight excluding hydrogens is 516 g/mol. The third-order valence-corrected chi connectivity index (χ3v) is 12.6. The van der Waals surface area contributed by atoms with Gasteiger partial charge in [-0.2, -0.15) is 0 Å². The van der Waals surface area contributed by atoms with Crippen molar-refractivity contribution in [2.75, 3.05) is 0 Å². The molecule has 0 spiro atoms. The first-order valence-corrected chi connectivity index (χ1v) is 16.4. The highest BCUT2D eigenvalue weighted by Crippen LogP contribution is 2.67. The van der Waals surface area contributed by atoms with Gasteiger partial charge in [0.05, 0.1) is 0 Å². The van der Waals surface area contributed by atoms with Crippen LogP contribution in [0.3, 0.4) is 0 Å². The maximum Gasteiger partial charge on any atom is 0.0165 e. The van der Waals surface area contributed by atoms with E-state index in [2.05, 4.69) is 130 Å². The fourth-order valence-corrected chi connectivity index (χ4v) is 10.3. The summed E-state index contributed by atoms with van der Waals surface area (Å²) in [7, 11) is 0. The van der Waals surface area contributed by atoms with Crippen molar-refractivity contribution in [3.63, 3.8) is 0 Å². The molecule has 4 aliphatic carbocycles. The molecular formula is C43H42. The van der Waals surface area contributed by atoms with Crippen LogP contribution in [0.15, 0.2) is 71.8 Å². The molecule has 0 N–H and O–H groups in total. The molecule has 0 fully saturated rings. The molecule has 0 saturated carbocycles. The van der Waals surface area contributed by atoms with Crippen molar-refractivity contribution in [3.8, 4) is 11.1 Å². The summed E-state index contributed by atoms with van der Waals surface area (Å²) in [5.41, 5.74) is 17.9. The quantitative estimate of drug-likeness (QED) is 0.180. The van der Waals surface area contributed by atoms with Crippen molar-refractivity contribution in [3.05, 3.63) is 111 Å². The molecule has 0 nitrogen and oxygen atoms in total. The fraction of sp³-hybridized carbons (Fsp3) is 0.349. The number of fused-ring (bicyclic) bond motifs is 5. The summed E-state index contributed by atoms with van der Waals surface area (Å²) in [5.74, 6) is 0. The Balaban J connectivity index is 1.66. The minimum Gasteiger partial charge on any atom is -0.0801 e. The van der Waals surface area contributed by atoms with Crippen LogP contribution in [0.1, 0.15) is 115 Å². The average Bonchev–Trinajstić information content (AvgIpc) is 3.33. The zero-order valence-electron chi connectivity index (χ0n) is 27.5. The Hall–Kier alpha value is -3.64. The molecule has 214 valence electrons. The molecule has 0 unspecified atom stereocenters. The van der Waals surface area contributed by atoms with E-state index < -0.39 is 0 Å². The smallest absolute Gasteiger partial charge is 0.0165 e. The zero-order valence-corrected chi connectivity index (χ0v) is 27.5. The van der Waals surface area contributed by atoms with E-state index >= 15 is 0 Å². The Kier molecular flexibility index (Phi) is 4.41. The Labute approximate surface area is 256 Å². The van der Waals surface area contributed by atoms with Crippen LogP contribution in [0.25, 0.3) is 49.0 Å². The van der Waals surface area contributed by atoms with E-state index in [9.17, 15) is 0 Å². The predicted octanol–water partition coefficient (Wildman–Crippen LogP) is 11.8. The molecule has 0 saturated heterocycles. The van der Waals surface area contributed by atoms with Gasteiger partial charge in [-0.1, -0.05) is 129 Å². The topological polar surface area (TPSA) is 0 Å². The van der Waals surface area contributed by atoms with Crippen molar-refractivity contribution < 1.29 is 0 Å². The Morgan fingerprint density at radius 3 is 1.65 bits per heavy atom. The molecule has 5 aromatic carbocycles. The number of hydrogen-bond donors (Lipinski definition) is 0. The van der Waals surface area contributed by atoms with Gasteiger partial charge in [-0.05, 0) is 107 Å². The molecule has 0 bridgehead atoms. The Morgan fingerprint density at radius 1 is 0.512 bits per heavy atom. The monoisotopic (exact) mass is 558 g/mol. The first-order valence-electron chi connectivity index (χ1n) is 16.4. The number of rotatable bonds is 1. The first kappa shape index (κ1) is 25.8. The van der Waals surface area contributed by atoms with Gasteiger partial charge in [-0.15, -0.1) is 0 Å². The van der Waals surface area contributed by atoms with Crippen LogP contribution in [0.4, 0.5) is 0 Å². The standard InChI is InChI=1S/C43H42/c1-11-15-25-30-22(2)40(3,4)38-35(30)32-23(16-12-18-26(32)41(25,5)6)31-24-17-13-19-27-33(24)36-34-28(42(27,7)8)20-14-21-29(34)43(9,10)39(36)37(31)38/h12-21H,11H2,1-10H3/b25-15+. The Bertz CT molecular complexity index is 2250. The van der Waals surface area contributed by atoms with Crippen molar-refractivity contribution in [2.24, 2.45) is 0 Å². The molecule has 0 aliphatic heterocycles. The third-order valence-electron chi connectivity index (χ3n) is 12.6. The van der Waals surface area contributed by atoms with Gasteiger partial charge in [0.15, 0.2) is 0 Å². The van der Waals surface area contributed by atoms with Crippen LogP contribution in [0.5, 0.6) is 0 Å². The minimum atomic E-state index is -0.0993. The second-order valence-corrected chi connectivity index (χ2v) is 16.0. The lowest BCUT2D eigenvalue weighted by Crippen LogP contribution is -2.26. The largest absolute Gasteiger partial charge is 0.0801 e. The molecule has 5 aromatic rings. The lowest BCUT2D eigenvalue weighted by molar-refractivity contribution is 0.632. The van der Waals surface area contributed by atoms with Crippen LogP contribution in [0.2, 0.25) is 0 Å².